The van der Waals surface area contributed by atoms with Gasteiger partial charge in [-0.3, -0.25) is 0 Å². The number of hydrogen-bond donors (Lipinski definition) is 3. The van der Waals surface area contributed by atoms with Gasteiger partial charge in [0.25, 0.3) is 0 Å². The molecule has 1 aliphatic rings. The van der Waals surface area contributed by atoms with E-state index in [-0.39, 0.29) is 18.4 Å². The molecule has 0 aliphatic carbocycles. The van der Waals surface area contributed by atoms with E-state index in [9.17, 15) is 14.3 Å². The van der Waals surface area contributed by atoms with Gasteiger partial charge in [-0.2, -0.15) is 0 Å². The Morgan fingerprint density at radius 2 is 2.04 bits per heavy atom. The van der Waals surface area contributed by atoms with Crippen LogP contribution in [0.5, 0.6) is 0 Å². The number of amides is 1. The molecule has 0 saturated carbocycles. The Balaban J connectivity index is 1.55. The molecule has 3 N–H and O–H groups in total. The van der Waals surface area contributed by atoms with Crippen molar-refractivity contribution in [2.45, 2.75) is 31.2 Å². The summed E-state index contributed by atoms with van der Waals surface area (Å²) < 4.78 is 18.6. The highest BCUT2D eigenvalue weighted by atomic mass is 35.5. The van der Waals surface area contributed by atoms with Crippen LogP contribution in [0.2, 0.25) is 5.02 Å². The maximum Gasteiger partial charge on any atom is 0.407 e. The number of rotatable bonds is 5. The molecule has 0 radical (unpaired) electrons. The van der Waals surface area contributed by atoms with Gasteiger partial charge in [0.1, 0.15) is 18.0 Å². The van der Waals surface area contributed by atoms with Gasteiger partial charge in [0.05, 0.1) is 6.04 Å². The molecule has 0 spiro atoms. The molecule has 1 amide bonds. The summed E-state index contributed by atoms with van der Waals surface area (Å²) in [5, 5.41) is 16.5. The summed E-state index contributed by atoms with van der Waals surface area (Å²) >= 11 is 5.89. The zero-order valence-corrected chi connectivity index (χ0v) is 14.7. The lowest BCUT2D eigenvalue weighted by atomic mass is 10.0. The van der Waals surface area contributed by atoms with Crippen LogP contribution >= 0.6 is 11.6 Å². The lowest BCUT2D eigenvalue weighted by Gasteiger charge is -2.22. The van der Waals surface area contributed by atoms with Gasteiger partial charge in [-0.25, -0.2) is 9.18 Å². The third-order valence-corrected chi connectivity index (χ3v) is 4.55. The molecule has 1 aliphatic heterocycles. The highest BCUT2D eigenvalue weighted by Gasteiger charge is 2.37. The topological polar surface area (TPSA) is 70.6 Å². The minimum atomic E-state index is -0.785. The number of carbonyl (C=O) groups is 1. The van der Waals surface area contributed by atoms with Gasteiger partial charge in [0.2, 0.25) is 0 Å². The summed E-state index contributed by atoms with van der Waals surface area (Å²) in [5.41, 5.74) is 1.65. The number of alkyl carbamates (subject to hydrolysis) is 1. The fourth-order valence-corrected chi connectivity index (χ4v) is 3.11. The Bertz CT molecular complexity index is 757. The van der Waals surface area contributed by atoms with Gasteiger partial charge in [0, 0.05) is 18.1 Å². The third kappa shape index (κ3) is 4.94. The molecule has 1 heterocycles. The highest BCUT2D eigenvalue weighted by molar-refractivity contribution is 6.30. The van der Waals surface area contributed by atoms with Crippen LogP contribution < -0.4 is 10.6 Å². The number of ether oxygens (including phenoxy) is 1. The number of β-amino-alcohol motifs (C(OH)–C–C–N with tert-alkyl or cyclic N) is 1. The molecule has 0 unspecified atom stereocenters. The van der Waals surface area contributed by atoms with E-state index in [1.165, 1.54) is 12.1 Å². The smallest absolute Gasteiger partial charge is 0.407 e. The number of halogens is 2. The number of carbonyl (C=O) groups excluding carboxylic acids is 1. The zero-order chi connectivity index (χ0) is 18.5. The molecule has 3 rings (SSSR count). The summed E-state index contributed by atoms with van der Waals surface area (Å²) in [6, 6.07) is 13.1. The molecule has 2 aromatic carbocycles. The van der Waals surface area contributed by atoms with E-state index in [1.807, 2.05) is 12.1 Å². The van der Waals surface area contributed by atoms with Gasteiger partial charge in [-0.1, -0.05) is 35.9 Å². The fraction of sp³-hybridized carbons (Fsp3) is 0.316. The minimum Gasteiger partial charge on any atom is -0.442 e. The van der Waals surface area contributed by atoms with Gasteiger partial charge in [-0.15, -0.1) is 0 Å². The van der Waals surface area contributed by atoms with Crippen LogP contribution in [0.25, 0.3) is 0 Å². The quantitative estimate of drug-likeness (QED) is 0.748. The monoisotopic (exact) mass is 378 g/mol. The van der Waals surface area contributed by atoms with E-state index in [1.54, 1.807) is 24.3 Å². The van der Waals surface area contributed by atoms with E-state index in [4.69, 9.17) is 16.3 Å². The van der Waals surface area contributed by atoms with Crippen LogP contribution in [-0.4, -0.2) is 36.0 Å². The second kappa shape index (κ2) is 8.49. The van der Waals surface area contributed by atoms with Crippen molar-refractivity contribution in [2.24, 2.45) is 0 Å². The van der Waals surface area contributed by atoms with Gasteiger partial charge in [0.15, 0.2) is 0 Å². The lowest BCUT2D eigenvalue weighted by Crippen LogP contribution is -2.41. The number of hydrogen-bond acceptors (Lipinski definition) is 4. The van der Waals surface area contributed by atoms with Crippen LogP contribution in [0, 0.1) is 5.82 Å². The maximum absolute atomic E-state index is 13.2. The van der Waals surface area contributed by atoms with Crippen LogP contribution in [0.4, 0.5) is 9.18 Å². The van der Waals surface area contributed by atoms with Crippen LogP contribution in [0.3, 0.4) is 0 Å². The Kier molecular flexibility index (Phi) is 6.08. The molecule has 0 aromatic heterocycles. The minimum absolute atomic E-state index is 0.148. The van der Waals surface area contributed by atoms with Crippen molar-refractivity contribution in [2.75, 3.05) is 6.54 Å². The predicted octanol–water partition coefficient (Wildman–Crippen LogP) is 2.65. The van der Waals surface area contributed by atoms with E-state index >= 15 is 0 Å². The third-order valence-electron chi connectivity index (χ3n) is 4.30. The van der Waals surface area contributed by atoms with E-state index in [0.29, 0.717) is 23.6 Å². The number of nitrogens with one attached hydrogen (secondary N) is 2. The highest BCUT2D eigenvalue weighted by Crippen LogP contribution is 2.19. The predicted molar refractivity (Wildman–Crippen MR) is 96.5 cm³/mol. The van der Waals surface area contributed by atoms with Gasteiger partial charge in [-0.05, 0) is 41.8 Å². The molecule has 3 atom stereocenters. The molecular formula is C19H20ClFN2O3. The molecule has 0 bridgehead atoms. The van der Waals surface area contributed by atoms with Gasteiger partial charge >= 0.3 is 6.09 Å². The largest absolute Gasteiger partial charge is 0.442 e. The number of benzene rings is 2. The molecule has 7 heteroatoms. The normalized spacial score (nSPS) is 22.2. The first kappa shape index (κ1) is 18.6. The van der Waals surface area contributed by atoms with Crippen molar-refractivity contribution in [3.05, 3.63) is 70.5 Å². The molecular weight excluding hydrogens is 359 g/mol. The Morgan fingerprint density at radius 3 is 2.77 bits per heavy atom. The first-order chi connectivity index (χ1) is 12.5. The Labute approximate surface area is 156 Å². The molecule has 1 fully saturated rings. The molecule has 5 nitrogen and oxygen atoms in total. The van der Waals surface area contributed by atoms with Crippen molar-refractivity contribution in [1.82, 2.24) is 10.6 Å². The lowest BCUT2D eigenvalue weighted by molar-refractivity contribution is 0.0188. The van der Waals surface area contributed by atoms with Crippen LogP contribution in [0.15, 0.2) is 48.5 Å². The average Bonchev–Trinajstić information content (AvgIpc) is 2.95. The maximum atomic E-state index is 13.2. The fourth-order valence-electron chi connectivity index (χ4n) is 2.98. The van der Waals surface area contributed by atoms with E-state index in [2.05, 4.69) is 10.6 Å². The molecule has 26 heavy (non-hydrogen) atoms. The zero-order valence-electron chi connectivity index (χ0n) is 14.0. The average molecular weight is 379 g/mol. The Morgan fingerprint density at radius 1 is 1.27 bits per heavy atom. The standard InChI is InChI=1S/C19H20ClFN2O3/c20-14-6-4-12(5-7-14)9-16-18(17(24)11-22-16)26-19(25)23-10-13-2-1-3-15(21)8-13/h1-8,16-18,22,24H,9-11H2,(H,23,25)/t16-,17+,18+/m1/s1. The summed E-state index contributed by atoms with van der Waals surface area (Å²) in [6.07, 6.45) is -1.51. The van der Waals surface area contributed by atoms with Crippen molar-refractivity contribution in [3.63, 3.8) is 0 Å². The number of aliphatic hydroxyl groups excluding tert-OH is 1. The van der Waals surface area contributed by atoms with Crippen LogP contribution in [0.1, 0.15) is 11.1 Å². The molecule has 1 saturated heterocycles. The van der Waals surface area contributed by atoms with Crippen LogP contribution in [-0.2, 0) is 17.7 Å². The van der Waals surface area contributed by atoms with E-state index < -0.39 is 18.3 Å². The second-order valence-corrected chi connectivity index (χ2v) is 6.70. The Hall–Kier alpha value is -2.15. The van der Waals surface area contributed by atoms with Crippen molar-refractivity contribution >= 4 is 17.7 Å². The van der Waals surface area contributed by atoms with Gasteiger partial charge < -0.3 is 20.5 Å². The van der Waals surface area contributed by atoms with E-state index in [0.717, 1.165) is 5.56 Å². The summed E-state index contributed by atoms with van der Waals surface area (Å²) in [5.74, 6) is -0.365. The summed E-state index contributed by atoms with van der Waals surface area (Å²) in [7, 11) is 0. The molecule has 2 aromatic rings. The number of aliphatic hydroxyl groups is 1. The SMILES string of the molecule is O=C(NCc1cccc(F)c1)O[C@@H]1[C@@H](O)CN[C@@H]1Cc1ccc(Cl)cc1. The van der Waals surface area contributed by atoms with Crippen molar-refractivity contribution < 1.29 is 19.0 Å². The van der Waals surface area contributed by atoms with Crippen molar-refractivity contribution in [3.8, 4) is 0 Å². The van der Waals surface area contributed by atoms with Crippen molar-refractivity contribution in [1.29, 1.82) is 0 Å². The molecule has 138 valence electrons. The summed E-state index contributed by atoms with van der Waals surface area (Å²) in [6.45, 7) is 0.495. The first-order valence-electron chi connectivity index (χ1n) is 8.36. The second-order valence-electron chi connectivity index (χ2n) is 6.27. The first-order valence-corrected chi connectivity index (χ1v) is 8.74. The summed E-state index contributed by atoms with van der Waals surface area (Å²) in [4.78, 5) is 12.1.